The molecule has 154 valence electrons. The van der Waals surface area contributed by atoms with Gasteiger partial charge in [0, 0.05) is 11.8 Å². The summed E-state index contributed by atoms with van der Waals surface area (Å²) < 4.78 is 0. The number of halogens is 2. The van der Waals surface area contributed by atoms with E-state index in [4.69, 9.17) is 11.6 Å². The Morgan fingerprint density at radius 3 is 2.48 bits per heavy atom. The maximum absolute atomic E-state index is 12.7. The Morgan fingerprint density at radius 2 is 1.86 bits per heavy atom. The monoisotopic (exact) mass is 433 g/mol. The van der Waals surface area contributed by atoms with E-state index in [9.17, 15) is 9.59 Å². The van der Waals surface area contributed by atoms with Crippen molar-refractivity contribution in [2.75, 3.05) is 10.6 Å². The van der Waals surface area contributed by atoms with Crippen LogP contribution in [0.25, 0.3) is 0 Å². The Kier molecular flexibility index (Phi) is 8.23. The molecule has 1 aromatic heterocycles. The molecule has 1 aliphatic rings. The van der Waals surface area contributed by atoms with E-state index < -0.39 is 0 Å². The fourth-order valence-corrected chi connectivity index (χ4v) is 3.40. The third kappa shape index (κ3) is 6.05. The smallest absolute Gasteiger partial charge is 0.258 e. The second-order valence-corrected chi connectivity index (χ2v) is 7.76. The van der Waals surface area contributed by atoms with Crippen LogP contribution in [0.4, 0.5) is 11.5 Å². The van der Waals surface area contributed by atoms with Crippen molar-refractivity contribution in [2.45, 2.75) is 33.1 Å². The van der Waals surface area contributed by atoms with Gasteiger partial charge in [0.2, 0.25) is 0 Å². The topological polar surface area (TPSA) is 71.1 Å². The van der Waals surface area contributed by atoms with Crippen LogP contribution in [0.2, 0.25) is 5.02 Å². The lowest BCUT2D eigenvalue weighted by atomic mass is 9.82. The number of para-hydroxylation sites is 1. The molecule has 1 heterocycles. The summed E-state index contributed by atoms with van der Waals surface area (Å²) in [4.78, 5) is 29.4. The van der Waals surface area contributed by atoms with Gasteiger partial charge in [0.15, 0.2) is 0 Å². The highest BCUT2D eigenvalue weighted by molar-refractivity contribution is 6.30. The molecular weight excluding hydrogens is 409 g/mol. The van der Waals surface area contributed by atoms with Crippen LogP contribution in [-0.4, -0.2) is 16.8 Å². The molecule has 7 heteroatoms. The second-order valence-electron chi connectivity index (χ2n) is 7.32. The van der Waals surface area contributed by atoms with Gasteiger partial charge in [-0.2, -0.15) is 0 Å². The molecule has 2 aromatic rings. The maximum Gasteiger partial charge on any atom is 0.258 e. The number of hydrogen-bond donors (Lipinski definition) is 2. The highest BCUT2D eigenvalue weighted by Crippen LogP contribution is 2.30. The van der Waals surface area contributed by atoms with E-state index in [0.717, 1.165) is 24.8 Å². The number of allylic oxidation sites excluding steroid dienone is 1. The summed E-state index contributed by atoms with van der Waals surface area (Å²) in [6.45, 7) is 4.43. The zero-order valence-electron chi connectivity index (χ0n) is 16.4. The predicted molar refractivity (Wildman–Crippen MR) is 120 cm³/mol. The minimum Gasteiger partial charge on any atom is -0.322 e. The highest BCUT2D eigenvalue weighted by Gasteiger charge is 2.22. The van der Waals surface area contributed by atoms with Gasteiger partial charge < -0.3 is 10.6 Å². The lowest BCUT2D eigenvalue weighted by Crippen LogP contribution is -2.22. The van der Waals surface area contributed by atoms with Gasteiger partial charge in [-0.3, -0.25) is 9.59 Å². The van der Waals surface area contributed by atoms with Gasteiger partial charge in [-0.1, -0.05) is 43.7 Å². The van der Waals surface area contributed by atoms with Crippen molar-refractivity contribution in [1.82, 2.24) is 4.98 Å². The maximum atomic E-state index is 12.7. The van der Waals surface area contributed by atoms with Crippen LogP contribution in [0, 0.1) is 11.8 Å². The van der Waals surface area contributed by atoms with Crippen LogP contribution in [0.15, 0.2) is 54.2 Å². The van der Waals surface area contributed by atoms with Crippen LogP contribution < -0.4 is 10.6 Å². The van der Waals surface area contributed by atoms with E-state index in [-0.39, 0.29) is 24.2 Å². The Morgan fingerprint density at radius 1 is 1.10 bits per heavy atom. The predicted octanol–water partition coefficient (Wildman–Crippen LogP) is 5.73. The molecule has 0 fully saturated rings. The average molecular weight is 434 g/mol. The standard InChI is InChI=1S/C22H24ClN3O2.ClH/c1-14(2)15-7-9-16(10-8-15)21(27)25-19-6-4-3-5-18(19)22(28)26-20-12-11-17(23)13-24-20;/h3-6,9,11-15H,7-8,10H2,1-2H3,(H,25,27)(H,24,26,28);1H. The minimum absolute atomic E-state index is 0. The van der Waals surface area contributed by atoms with E-state index in [2.05, 4.69) is 29.5 Å². The van der Waals surface area contributed by atoms with Gasteiger partial charge in [-0.15, -0.1) is 12.4 Å². The number of carbonyl (C=O) groups excluding carboxylic acids is 2. The number of aromatic nitrogens is 1. The molecule has 0 saturated carbocycles. The van der Waals surface area contributed by atoms with E-state index in [1.165, 1.54) is 6.20 Å². The molecule has 0 aliphatic heterocycles. The minimum atomic E-state index is -0.344. The summed E-state index contributed by atoms with van der Waals surface area (Å²) in [6.07, 6.45) is 6.19. The first-order valence-electron chi connectivity index (χ1n) is 9.46. The fraction of sp³-hybridized carbons (Fsp3) is 0.318. The van der Waals surface area contributed by atoms with Gasteiger partial charge in [-0.25, -0.2) is 4.98 Å². The molecule has 0 bridgehead atoms. The summed E-state index contributed by atoms with van der Waals surface area (Å²) >= 11 is 5.82. The lowest BCUT2D eigenvalue weighted by Gasteiger charge is -2.24. The van der Waals surface area contributed by atoms with Gasteiger partial charge in [0.1, 0.15) is 5.82 Å². The van der Waals surface area contributed by atoms with Gasteiger partial charge in [0.05, 0.1) is 16.3 Å². The van der Waals surface area contributed by atoms with Crippen LogP contribution >= 0.6 is 24.0 Å². The largest absolute Gasteiger partial charge is 0.322 e. The Balaban J connectivity index is 0.00000300. The van der Waals surface area contributed by atoms with Gasteiger partial charge >= 0.3 is 0 Å². The molecule has 1 unspecified atom stereocenters. The average Bonchev–Trinajstić information content (AvgIpc) is 2.70. The molecule has 29 heavy (non-hydrogen) atoms. The number of amides is 2. The molecule has 0 radical (unpaired) electrons. The van der Waals surface area contributed by atoms with Crippen molar-refractivity contribution in [3.05, 3.63) is 64.8 Å². The zero-order valence-corrected chi connectivity index (χ0v) is 18.0. The molecule has 2 N–H and O–H groups in total. The molecule has 3 rings (SSSR count). The Hall–Kier alpha value is -2.37. The van der Waals surface area contributed by atoms with Crippen LogP contribution in [0.3, 0.4) is 0 Å². The molecule has 2 amide bonds. The van der Waals surface area contributed by atoms with E-state index in [1.54, 1.807) is 36.4 Å². The molecule has 0 saturated heterocycles. The van der Waals surface area contributed by atoms with Crippen molar-refractivity contribution >= 4 is 47.3 Å². The molecule has 0 spiro atoms. The molecular formula is C22H25Cl2N3O2. The lowest BCUT2D eigenvalue weighted by molar-refractivity contribution is -0.113. The number of pyridine rings is 1. The number of nitrogens with one attached hydrogen (secondary N) is 2. The van der Waals surface area contributed by atoms with Crippen LogP contribution in [0.5, 0.6) is 0 Å². The number of nitrogens with zero attached hydrogens (tertiary/aromatic N) is 1. The SMILES string of the molecule is CC(C)C1CC=C(C(=O)Nc2ccccc2C(=O)Nc2ccc(Cl)cn2)CC1.Cl. The van der Waals surface area contributed by atoms with Crippen molar-refractivity contribution in [3.63, 3.8) is 0 Å². The summed E-state index contributed by atoms with van der Waals surface area (Å²) in [6, 6.07) is 10.2. The first-order chi connectivity index (χ1) is 13.4. The fourth-order valence-electron chi connectivity index (χ4n) is 3.29. The summed E-state index contributed by atoms with van der Waals surface area (Å²) in [5.74, 6) is 1.15. The molecule has 1 atom stereocenters. The number of hydrogen-bond acceptors (Lipinski definition) is 3. The first kappa shape index (κ1) is 22.9. The quantitative estimate of drug-likeness (QED) is 0.631. The summed E-state index contributed by atoms with van der Waals surface area (Å²) in [7, 11) is 0. The summed E-state index contributed by atoms with van der Waals surface area (Å²) in [5.41, 5.74) is 1.64. The van der Waals surface area contributed by atoms with E-state index in [1.807, 2.05) is 6.08 Å². The number of rotatable bonds is 5. The number of carbonyl (C=O) groups is 2. The third-order valence-corrected chi connectivity index (χ3v) is 5.30. The van der Waals surface area contributed by atoms with Crippen LogP contribution in [0.1, 0.15) is 43.5 Å². The van der Waals surface area contributed by atoms with E-state index >= 15 is 0 Å². The van der Waals surface area contributed by atoms with Crippen LogP contribution in [-0.2, 0) is 4.79 Å². The number of anilines is 2. The van der Waals surface area contributed by atoms with Crippen molar-refractivity contribution in [1.29, 1.82) is 0 Å². The number of benzene rings is 1. The third-order valence-electron chi connectivity index (χ3n) is 5.07. The highest BCUT2D eigenvalue weighted by atomic mass is 35.5. The second kappa shape index (κ2) is 10.4. The first-order valence-corrected chi connectivity index (χ1v) is 9.84. The summed E-state index contributed by atoms with van der Waals surface area (Å²) in [5, 5.41) is 6.10. The molecule has 5 nitrogen and oxygen atoms in total. The van der Waals surface area contributed by atoms with Gasteiger partial charge in [0.25, 0.3) is 11.8 Å². The van der Waals surface area contributed by atoms with Crippen molar-refractivity contribution in [3.8, 4) is 0 Å². The van der Waals surface area contributed by atoms with Crippen molar-refractivity contribution in [2.24, 2.45) is 11.8 Å². The Bertz CT molecular complexity index is 895. The molecule has 1 aromatic carbocycles. The van der Waals surface area contributed by atoms with Crippen molar-refractivity contribution < 1.29 is 9.59 Å². The van der Waals surface area contributed by atoms with Gasteiger partial charge in [-0.05, 0) is 55.4 Å². The zero-order chi connectivity index (χ0) is 20.1. The Labute approximate surface area is 182 Å². The normalized spacial score (nSPS) is 15.9. The molecule has 1 aliphatic carbocycles. The van der Waals surface area contributed by atoms with E-state index in [0.29, 0.717) is 33.9 Å².